The number of para-hydroxylation sites is 1. The van der Waals surface area contributed by atoms with Crippen molar-refractivity contribution in [3.05, 3.63) is 52.5 Å². The largest absolute Gasteiger partial charge is 0.490 e. The summed E-state index contributed by atoms with van der Waals surface area (Å²) < 4.78 is 17.4. The van der Waals surface area contributed by atoms with Crippen LogP contribution in [-0.4, -0.2) is 26.4 Å². The lowest BCUT2D eigenvalue weighted by Gasteiger charge is -2.17. The Morgan fingerprint density at radius 1 is 1.00 bits per heavy atom. The lowest BCUT2D eigenvalue weighted by atomic mass is 10.0. The molecule has 2 rings (SSSR count). The molecule has 0 bridgehead atoms. The molecule has 0 unspecified atom stereocenters. The smallest absolute Gasteiger partial charge is 0.179 e. The molecule has 142 valence electrons. The number of rotatable bonds is 10. The standard InChI is InChI=1S/C21H28ClNO3/c1-4-24-20-14-16(9-10-23)13-18(22)21(20)26-12-11-25-19-8-6-5-7-17(19)15(2)3/h5-8,13-15H,4,9-12,23H2,1-3H3. The number of ether oxygens (including phenoxy) is 3. The molecule has 0 aromatic heterocycles. The normalized spacial score (nSPS) is 10.8. The summed E-state index contributed by atoms with van der Waals surface area (Å²) in [6, 6.07) is 11.9. The molecule has 4 nitrogen and oxygen atoms in total. The highest BCUT2D eigenvalue weighted by Gasteiger charge is 2.13. The fourth-order valence-corrected chi connectivity index (χ4v) is 3.01. The van der Waals surface area contributed by atoms with Gasteiger partial charge in [-0.25, -0.2) is 0 Å². The van der Waals surface area contributed by atoms with Crippen molar-refractivity contribution in [2.24, 2.45) is 5.73 Å². The van der Waals surface area contributed by atoms with Crippen LogP contribution in [0.2, 0.25) is 5.02 Å². The molecule has 0 aliphatic carbocycles. The summed E-state index contributed by atoms with van der Waals surface area (Å²) in [6.45, 7) is 8.13. The van der Waals surface area contributed by atoms with Crippen molar-refractivity contribution in [2.45, 2.75) is 33.1 Å². The minimum Gasteiger partial charge on any atom is -0.490 e. The summed E-state index contributed by atoms with van der Waals surface area (Å²) in [5.41, 5.74) is 7.85. The third-order valence-electron chi connectivity index (χ3n) is 3.93. The van der Waals surface area contributed by atoms with Crippen LogP contribution < -0.4 is 19.9 Å². The van der Waals surface area contributed by atoms with Gasteiger partial charge in [0.25, 0.3) is 0 Å². The van der Waals surface area contributed by atoms with Crippen LogP contribution in [0.15, 0.2) is 36.4 Å². The van der Waals surface area contributed by atoms with E-state index in [1.54, 1.807) is 0 Å². The molecule has 0 heterocycles. The molecule has 0 amide bonds. The van der Waals surface area contributed by atoms with E-state index in [2.05, 4.69) is 19.9 Å². The van der Waals surface area contributed by atoms with Gasteiger partial charge in [0, 0.05) is 0 Å². The zero-order chi connectivity index (χ0) is 18.9. The van der Waals surface area contributed by atoms with Crippen molar-refractivity contribution in [3.8, 4) is 17.2 Å². The molecule has 2 aromatic rings. The summed E-state index contributed by atoms with van der Waals surface area (Å²) in [7, 11) is 0. The van der Waals surface area contributed by atoms with Crippen LogP contribution in [0.3, 0.4) is 0 Å². The van der Waals surface area contributed by atoms with Crippen LogP contribution in [0.5, 0.6) is 17.2 Å². The Hall–Kier alpha value is -1.91. The Kier molecular flexibility index (Phi) is 8.07. The molecular formula is C21H28ClNO3. The second kappa shape index (κ2) is 10.3. The first-order chi connectivity index (χ1) is 12.6. The lowest BCUT2D eigenvalue weighted by molar-refractivity contribution is 0.207. The maximum atomic E-state index is 6.38. The Balaban J connectivity index is 2.01. The third kappa shape index (κ3) is 5.55. The molecule has 2 aromatic carbocycles. The van der Waals surface area contributed by atoms with E-state index in [9.17, 15) is 0 Å². The maximum Gasteiger partial charge on any atom is 0.179 e. The Morgan fingerprint density at radius 3 is 2.42 bits per heavy atom. The van der Waals surface area contributed by atoms with Gasteiger partial charge in [-0.15, -0.1) is 0 Å². The van der Waals surface area contributed by atoms with Gasteiger partial charge in [0.1, 0.15) is 19.0 Å². The van der Waals surface area contributed by atoms with Crippen molar-refractivity contribution in [1.29, 1.82) is 0 Å². The van der Waals surface area contributed by atoms with E-state index in [1.807, 2.05) is 37.3 Å². The van der Waals surface area contributed by atoms with Crippen LogP contribution >= 0.6 is 11.6 Å². The minimum atomic E-state index is 0.377. The molecule has 0 atom stereocenters. The molecule has 5 heteroatoms. The zero-order valence-electron chi connectivity index (χ0n) is 15.8. The van der Waals surface area contributed by atoms with Crippen molar-refractivity contribution >= 4 is 11.6 Å². The molecule has 0 aliphatic heterocycles. The SMILES string of the molecule is CCOc1cc(CCN)cc(Cl)c1OCCOc1ccccc1C(C)C. The predicted octanol–water partition coefficient (Wildman–Crippen LogP) is 4.82. The molecular weight excluding hydrogens is 350 g/mol. The van der Waals surface area contributed by atoms with Crippen LogP contribution in [-0.2, 0) is 6.42 Å². The van der Waals surface area contributed by atoms with Gasteiger partial charge in [-0.2, -0.15) is 0 Å². The summed E-state index contributed by atoms with van der Waals surface area (Å²) >= 11 is 6.38. The highest BCUT2D eigenvalue weighted by Crippen LogP contribution is 2.37. The van der Waals surface area contributed by atoms with Crippen molar-refractivity contribution in [1.82, 2.24) is 0 Å². The van der Waals surface area contributed by atoms with Gasteiger partial charge in [0.05, 0.1) is 11.6 Å². The van der Waals surface area contributed by atoms with Crippen LogP contribution in [0.4, 0.5) is 0 Å². The fraction of sp³-hybridized carbons (Fsp3) is 0.429. The van der Waals surface area contributed by atoms with Crippen LogP contribution in [0.25, 0.3) is 0 Å². The van der Waals surface area contributed by atoms with Crippen molar-refractivity contribution in [3.63, 3.8) is 0 Å². The second-order valence-electron chi connectivity index (χ2n) is 6.27. The summed E-state index contributed by atoms with van der Waals surface area (Å²) in [5, 5.41) is 0.530. The number of nitrogens with two attached hydrogens (primary N) is 1. The van der Waals surface area contributed by atoms with E-state index in [-0.39, 0.29) is 0 Å². The molecule has 0 radical (unpaired) electrons. The summed E-state index contributed by atoms with van der Waals surface area (Å²) in [5.74, 6) is 2.49. The summed E-state index contributed by atoms with van der Waals surface area (Å²) in [4.78, 5) is 0. The van der Waals surface area contributed by atoms with Crippen molar-refractivity contribution in [2.75, 3.05) is 26.4 Å². The quantitative estimate of drug-likeness (QED) is 0.603. The van der Waals surface area contributed by atoms with Gasteiger partial charge in [0.2, 0.25) is 0 Å². The molecule has 0 fully saturated rings. The molecule has 26 heavy (non-hydrogen) atoms. The van der Waals surface area contributed by atoms with E-state index in [4.69, 9.17) is 31.5 Å². The van der Waals surface area contributed by atoms with E-state index >= 15 is 0 Å². The van der Waals surface area contributed by atoms with E-state index < -0.39 is 0 Å². The average molecular weight is 378 g/mol. The van der Waals surface area contributed by atoms with Gasteiger partial charge < -0.3 is 19.9 Å². The second-order valence-corrected chi connectivity index (χ2v) is 6.67. The molecule has 0 saturated carbocycles. The molecule has 0 saturated heterocycles. The van der Waals surface area contributed by atoms with Crippen LogP contribution in [0, 0.1) is 0 Å². The number of hydrogen-bond acceptors (Lipinski definition) is 4. The van der Waals surface area contributed by atoms with Crippen molar-refractivity contribution < 1.29 is 14.2 Å². The third-order valence-corrected chi connectivity index (χ3v) is 4.21. The Labute approximate surface area is 161 Å². The fourth-order valence-electron chi connectivity index (χ4n) is 2.72. The highest BCUT2D eigenvalue weighted by atomic mass is 35.5. The van der Waals surface area contributed by atoms with Gasteiger partial charge in [-0.1, -0.05) is 43.6 Å². The zero-order valence-corrected chi connectivity index (χ0v) is 16.5. The summed E-state index contributed by atoms with van der Waals surface area (Å²) in [6.07, 6.45) is 0.745. The number of hydrogen-bond donors (Lipinski definition) is 1. The molecule has 0 aliphatic rings. The molecule has 0 spiro atoms. The van der Waals surface area contributed by atoms with Gasteiger partial charge in [0.15, 0.2) is 11.5 Å². The average Bonchev–Trinajstić information content (AvgIpc) is 2.61. The predicted molar refractivity (Wildman–Crippen MR) is 107 cm³/mol. The van der Waals surface area contributed by atoms with Gasteiger partial charge >= 0.3 is 0 Å². The first-order valence-electron chi connectivity index (χ1n) is 9.06. The first kappa shape index (κ1) is 20.4. The topological polar surface area (TPSA) is 53.7 Å². The maximum absolute atomic E-state index is 6.38. The number of benzene rings is 2. The Morgan fingerprint density at radius 2 is 1.73 bits per heavy atom. The van der Waals surface area contributed by atoms with Crippen LogP contribution in [0.1, 0.15) is 37.8 Å². The first-order valence-corrected chi connectivity index (χ1v) is 9.44. The monoisotopic (exact) mass is 377 g/mol. The van der Waals surface area contributed by atoms with E-state index in [1.165, 1.54) is 5.56 Å². The highest BCUT2D eigenvalue weighted by molar-refractivity contribution is 6.32. The number of halogens is 1. The Bertz CT molecular complexity index is 704. The molecule has 2 N–H and O–H groups in total. The lowest BCUT2D eigenvalue weighted by Crippen LogP contribution is -2.11. The van der Waals surface area contributed by atoms with E-state index in [0.29, 0.717) is 48.8 Å². The van der Waals surface area contributed by atoms with Gasteiger partial charge in [-0.3, -0.25) is 0 Å². The van der Waals surface area contributed by atoms with Gasteiger partial charge in [-0.05, 0) is 55.1 Å². The van der Waals surface area contributed by atoms with E-state index in [0.717, 1.165) is 17.7 Å². The minimum absolute atomic E-state index is 0.377.